The van der Waals surface area contributed by atoms with Crippen LogP contribution in [0.5, 0.6) is 17.2 Å². The van der Waals surface area contributed by atoms with Gasteiger partial charge < -0.3 is 35.1 Å². The number of hydrogen-bond donors (Lipinski definition) is 3. The number of benzene rings is 3. The van der Waals surface area contributed by atoms with Crippen LogP contribution in [0.4, 0.5) is 0 Å². The first-order valence-corrected chi connectivity index (χ1v) is 8.64. The van der Waals surface area contributed by atoms with Crippen LogP contribution in [-0.4, -0.2) is 65.0 Å². The third-order valence-electron chi connectivity index (χ3n) is 3.60. The Morgan fingerprint density at radius 1 is 0.710 bits per heavy atom. The van der Waals surface area contributed by atoms with Gasteiger partial charge >= 0.3 is 37.7 Å². The summed E-state index contributed by atoms with van der Waals surface area (Å²) in [5.74, 6) is -2.90. The van der Waals surface area contributed by atoms with Crippen molar-refractivity contribution in [2.24, 2.45) is 0 Å². The maximum absolute atomic E-state index is 10.2. The SMILES string of the molecule is C=CCc1ccccc1O.O=C([O-])c1ccccc1O.O=C([O-])c1ccccc1O.[Ca+2]. The van der Waals surface area contributed by atoms with E-state index in [2.05, 4.69) is 6.58 Å². The molecule has 0 aliphatic rings. The van der Waals surface area contributed by atoms with Crippen LogP contribution in [0.25, 0.3) is 0 Å². The zero-order valence-electron chi connectivity index (χ0n) is 16.6. The largest absolute Gasteiger partial charge is 2.00 e. The van der Waals surface area contributed by atoms with E-state index in [0.717, 1.165) is 12.0 Å². The number of phenolic OH excluding ortho intramolecular Hbond substituents is 1. The molecule has 0 bridgehead atoms. The van der Waals surface area contributed by atoms with Crippen molar-refractivity contribution in [1.82, 2.24) is 0 Å². The molecular formula is C23H20CaO7. The number of allylic oxidation sites excluding steroid dienone is 1. The van der Waals surface area contributed by atoms with Crippen LogP contribution in [0, 0.1) is 0 Å². The molecule has 3 aromatic carbocycles. The fourth-order valence-corrected chi connectivity index (χ4v) is 2.13. The molecule has 0 atom stereocenters. The van der Waals surface area contributed by atoms with Crippen LogP contribution in [0.2, 0.25) is 0 Å². The Labute approximate surface area is 209 Å². The van der Waals surface area contributed by atoms with Crippen molar-refractivity contribution in [1.29, 1.82) is 0 Å². The summed E-state index contributed by atoms with van der Waals surface area (Å²) in [5.41, 5.74) is 0.572. The minimum absolute atomic E-state index is 0. The van der Waals surface area contributed by atoms with Gasteiger partial charge in [0, 0.05) is 11.1 Å². The van der Waals surface area contributed by atoms with Crippen LogP contribution in [0.15, 0.2) is 85.5 Å². The molecule has 0 saturated heterocycles. The van der Waals surface area contributed by atoms with Gasteiger partial charge in [-0.05, 0) is 42.3 Å². The number of para-hydroxylation sites is 3. The second-order valence-corrected chi connectivity index (χ2v) is 5.73. The molecule has 156 valence electrons. The monoisotopic (exact) mass is 448 g/mol. The molecule has 3 rings (SSSR count). The van der Waals surface area contributed by atoms with E-state index in [1.165, 1.54) is 36.4 Å². The maximum atomic E-state index is 10.2. The molecule has 0 aliphatic heterocycles. The summed E-state index contributed by atoms with van der Waals surface area (Å²) in [6.45, 7) is 3.59. The van der Waals surface area contributed by atoms with Crippen LogP contribution < -0.4 is 10.2 Å². The number of carboxylic acid groups (broad SMARTS) is 2. The van der Waals surface area contributed by atoms with Gasteiger partial charge in [0.05, 0.1) is 11.9 Å². The molecule has 3 aromatic rings. The smallest absolute Gasteiger partial charge is 0.545 e. The molecule has 0 aromatic heterocycles. The molecule has 0 spiro atoms. The number of carbonyl (C=O) groups is 2. The van der Waals surface area contributed by atoms with Crippen molar-refractivity contribution < 1.29 is 35.1 Å². The number of rotatable bonds is 4. The maximum Gasteiger partial charge on any atom is 2.00 e. The first-order chi connectivity index (χ1) is 14.3. The van der Waals surface area contributed by atoms with Gasteiger partial charge in [-0.1, -0.05) is 48.5 Å². The molecule has 8 heteroatoms. The van der Waals surface area contributed by atoms with Gasteiger partial charge in [0.2, 0.25) is 0 Å². The molecule has 0 unspecified atom stereocenters. The second kappa shape index (κ2) is 14.9. The van der Waals surface area contributed by atoms with Crippen molar-refractivity contribution in [2.45, 2.75) is 6.42 Å². The molecular weight excluding hydrogens is 428 g/mol. The van der Waals surface area contributed by atoms with Crippen LogP contribution in [0.1, 0.15) is 26.3 Å². The van der Waals surface area contributed by atoms with Crippen molar-refractivity contribution in [3.8, 4) is 17.2 Å². The average molecular weight is 448 g/mol. The van der Waals surface area contributed by atoms with E-state index in [1.54, 1.807) is 24.3 Å². The Morgan fingerprint density at radius 3 is 1.35 bits per heavy atom. The molecule has 0 saturated carbocycles. The number of aromatic hydroxyl groups is 3. The second-order valence-electron chi connectivity index (χ2n) is 5.73. The number of hydrogen-bond acceptors (Lipinski definition) is 7. The van der Waals surface area contributed by atoms with E-state index in [-0.39, 0.29) is 60.4 Å². The number of phenols is 3. The van der Waals surface area contributed by atoms with Crippen LogP contribution in [-0.2, 0) is 6.42 Å². The first kappa shape index (κ1) is 28.0. The number of aromatic carboxylic acids is 2. The predicted molar refractivity (Wildman–Crippen MR) is 113 cm³/mol. The minimum atomic E-state index is -1.36. The molecule has 31 heavy (non-hydrogen) atoms. The van der Waals surface area contributed by atoms with Crippen molar-refractivity contribution in [3.63, 3.8) is 0 Å². The van der Waals surface area contributed by atoms with E-state index >= 15 is 0 Å². The van der Waals surface area contributed by atoms with E-state index in [4.69, 9.17) is 10.2 Å². The van der Waals surface area contributed by atoms with Gasteiger partial charge in [0.25, 0.3) is 0 Å². The summed E-state index contributed by atoms with van der Waals surface area (Å²) in [6, 6.07) is 18.6. The standard InChI is InChI=1S/C9H10O.2C7H6O3.Ca/c1-2-5-8-6-3-4-7-9(8)10;2*8-6-4-2-1-3-5(6)7(9)10;/h2-4,6-7,10H,1,5H2;2*1-4,8H,(H,9,10);/q;;;+2/p-2. The predicted octanol–water partition coefficient (Wildman–Crippen LogP) is 1.25. The zero-order chi connectivity index (χ0) is 22.5. The minimum Gasteiger partial charge on any atom is -0.545 e. The van der Waals surface area contributed by atoms with E-state index in [1.807, 2.05) is 18.2 Å². The summed E-state index contributed by atoms with van der Waals surface area (Å²) in [7, 11) is 0. The summed E-state index contributed by atoms with van der Waals surface area (Å²) < 4.78 is 0. The van der Waals surface area contributed by atoms with Gasteiger partial charge in [-0.25, -0.2) is 0 Å². The molecule has 0 amide bonds. The number of carboxylic acids is 2. The van der Waals surface area contributed by atoms with E-state index < -0.39 is 11.9 Å². The Morgan fingerprint density at radius 2 is 1.06 bits per heavy atom. The fourth-order valence-electron chi connectivity index (χ4n) is 2.13. The summed E-state index contributed by atoms with van der Waals surface area (Å²) in [5, 5.41) is 47.2. The van der Waals surface area contributed by atoms with E-state index in [0.29, 0.717) is 5.75 Å². The van der Waals surface area contributed by atoms with Crippen molar-refractivity contribution in [3.05, 3.63) is 102 Å². The Bertz CT molecular complexity index is 947. The Hall–Kier alpha value is -3.00. The van der Waals surface area contributed by atoms with E-state index in [9.17, 15) is 24.9 Å². The molecule has 3 N–H and O–H groups in total. The third-order valence-corrected chi connectivity index (χ3v) is 3.60. The normalized spacial score (nSPS) is 8.90. The van der Waals surface area contributed by atoms with Crippen molar-refractivity contribution >= 4 is 49.7 Å². The van der Waals surface area contributed by atoms with Crippen LogP contribution in [0.3, 0.4) is 0 Å². The molecule has 7 nitrogen and oxygen atoms in total. The molecule has 0 heterocycles. The topological polar surface area (TPSA) is 141 Å². The quantitative estimate of drug-likeness (QED) is 0.403. The summed E-state index contributed by atoms with van der Waals surface area (Å²) in [4.78, 5) is 20.3. The number of carbonyl (C=O) groups excluding carboxylic acids is 2. The molecule has 0 aliphatic carbocycles. The third kappa shape index (κ3) is 10.0. The van der Waals surface area contributed by atoms with Gasteiger partial charge in [0.1, 0.15) is 17.2 Å². The van der Waals surface area contributed by atoms with Gasteiger partial charge in [-0.2, -0.15) is 0 Å². The van der Waals surface area contributed by atoms with Crippen molar-refractivity contribution in [2.75, 3.05) is 0 Å². The summed E-state index contributed by atoms with van der Waals surface area (Å²) in [6.07, 6.45) is 2.50. The van der Waals surface area contributed by atoms with Gasteiger partial charge in [-0.3, -0.25) is 0 Å². The fraction of sp³-hybridized carbons (Fsp3) is 0.0435. The average Bonchev–Trinajstić information content (AvgIpc) is 2.71. The molecule has 0 radical (unpaired) electrons. The van der Waals surface area contributed by atoms with Crippen LogP contribution >= 0.6 is 0 Å². The summed E-state index contributed by atoms with van der Waals surface area (Å²) >= 11 is 0. The Kier molecular flexibility index (Phi) is 13.5. The van der Waals surface area contributed by atoms with Gasteiger partial charge in [-0.15, -0.1) is 6.58 Å². The Balaban J connectivity index is 0.000000429. The first-order valence-electron chi connectivity index (χ1n) is 8.64. The van der Waals surface area contributed by atoms with Gasteiger partial charge in [0.15, 0.2) is 0 Å². The zero-order valence-corrected chi connectivity index (χ0v) is 18.8. The molecule has 0 fully saturated rings.